The summed E-state index contributed by atoms with van der Waals surface area (Å²) in [6.45, 7) is 2.52. The number of allylic oxidation sites excluding steroid dienone is 1. The van der Waals surface area contributed by atoms with Gasteiger partial charge in [0.15, 0.2) is 0 Å². The molecule has 0 N–H and O–H groups in total. The van der Waals surface area contributed by atoms with Gasteiger partial charge in [-0.1, -0.05) is 67.6 Å². The molecule has 4 heteroatoms. The predicted octanol–water partition coefficient (Wildman–Crippen LogP) is 10.6. The smallest absolute Gasteiger partial charge is 0.235 e. The highest BCUT2D eigenvalue weighted by molar-refractivity contribution is 7.25. The van der Waals surface area contributed by atoms with E-state index in [-0.39, 0.29) is 5.41 Å². The van der Waals surface area contributed by atoms with Crippen molar-refractivity contribution in [2.75, 3.05) is 0 Å². The van der Waals surface area contributed by atoms with Gasteiger partial charge in [-0.2, -0.15) is 0 Å². The van der Waals surface area contributed by atoms with Gasteiger partial charge in [0.25, 0.3) is 0 Å². The van der Waals surface area contributed by atoms with Crippen LogP contribution in [0, 0.1) is 17.3 Å². The van der Waals surface area contributed by atoms with Crippen LogP contribution >= 0.6 is 11.3 Å². The van der Waals surface area contributed by atoms with Crippen LogP contribution in [-0.2, 0) is 12.8 Å². The Morgan fingerprint density at radius 3 is 2.40 bits per heavy atom. The molecular weight excluding hydrogens is 567 g/mol. The van der Waals surface area contributed by atoms with Crippen LogP contribution in [0.1, 0.15) is 60.9 Å². The van der Waals surface area contributed by atoms with E-state index in [4.69, 9.17) is 9.97 Å². The third-order valence-corrected chi connectivity index (χ3v) is 13.1. The third-order valence-electron chi connectivity index (χ3n) is 12.0. The molecule has 3 heterocycles. The van der Waals surface area contributed by atoms with Crippen LogP contribution in [0.4, 0.5) is 0 Å². The highest BCUT2D eigenvalue weighted by atomic mass is 32.1. The number of aromatic nitrogens is 3. The Balaban J connectivity index is 1.25. The molecule has 2 fully saturated rings. The summed E-state index contributed by atoms with van der Waals surface area (Å²) < 4.78 is 5.27. The van der Waals surface area contributed by atoms with Crippen LogP contribution < -0.4 is 0 Å². The van der Waals surface area contributed by atoms with Crippen molar-refractivity contribution in [1.29, 1.82) is 0 Å². The molecule has 4 atom stereocenters. The summed E-state index contributed by atoms with van der Waals surface area (Å²) in [5, 5.41) is 5.25. The van der Waals surface area contributed by atoms with E-state index in [2.05, 4.69) is 103 Å². The van der Waals surface area contributed by atoms with E-state index < -0.39 is 0 Å². The van der Waals surface area contributed by atoms with Gasteiger partial charge in [-0.3, -0.25) is 4.57 Å². The molecular formula is C41H33N3S. The van der Waals surface area contributed by atoms with Crippen LogP contribution in [-0.4, -0.2) is 14.5 Å². The SMILES string of the molecule is CC12C=Cc3c(n(-c4nc(-c5ccccc5)c5ccccc5n4)c4cc5sc6cc7c(cc6c5cc34)CC7)C1CC1CCC1C2. The number of thiophene rings is 1. The van der Waals surface area contributed by atoms with E-state index >= 15 is 0 Å². The minimum Gasteiger partial charge on any atom is -0.281 e. The van der Waals surface area contributed by atoms with Crippen molar-refractivity contribution in [3.05, 3.63) is 107 Å². The lowest BCUT2D eigenvalue weighted by Crippen LogP contribution is -2.43. The topological polar surface area (TPSA) is 30.7 Å². The van der Waals surface area contributed by atoms with E-state index in [1.165, 1.54) is 92.0 Å². The van der Waals surface area contributed by atoms with E-state index in [1.807, 2.05) is 11.3 Å². The standard InChI is InChI=1S/C41H33N3S/c1-41-16-15-28-30-20-32-31-17-24-11-12-26(24)19-36(31)45-37(32)21-35(30)44(39(28)33(41)18-25-13-14-27(25)22-41)40-42-34-10-6-5-9-29(34)38(43-40)23-7-3-2-4-8-23/h2-10,15-17,19-21,25,27,33H,11-14,18,22H2,1H3. The second-order valence-corrected chi connectivity index (χ2v) is 15.5. The van der Waals surface area contributed by atoms with Crippen LogP contribution in [0.5, 0.6) is 0 Å². The number of fused-ring (bicyclic) bond motifs is 11. The first-order chi connectivity index (χ1) is 22.1. The van der Waals surface area contributed by atoms with Crippen molar-refractivity contribution in [3.63, 3.8) is 0 Å². The molecule has 0 saturated heterocycles. The van der Waals surface area contributed by atoms with Crippen LogP contribution in [0.2, 0.25) is 0 Å². The number of aryl methyl sites for hydroxylation is 2. The molecule has 45 heavy (non-hydrogen) atoms. The van der Waals surface area contributed by atoms with Crippen molar-refractivity contribution >= 4 is 59.4 Å². The average Bonchev–Trinajstić information content (AvgIpc) is 3.56. The minimum absolute atomic E-state index is 0.159. The average molecular weight is 600 g/mol. The molecule has 0 amide bonds. The van der Waals surface area contributed by atoms with Gasteiger partial charge in [-0.05, 0) is 97.2 Å². The lowest BCUT2D eigenvalue weighted by Gasteiger charge is -2.53. The van der Waals surface area contributed by atoms with E-state index in [1.54, 1.807) is 0 Å². The maximum Gasteiger partial charge on any atom is 0.235 e. The molecule has 0 radical (unpaired) electrons. The van der Waals surface area contributed by atoms with E-state index in [9.17, 15) is 0 Å². The van der Waals surface area contributed by atoms with Crippen molar-refractivity contribution in [1.82, 2.24) is 14.5 Å². The maximum atomic E-state index is 5.47. The Morgan fingerprint density at radius 2 is 1.56 bits per heavy atom. The lowest BCUT2D eigenvalue weighted by atomic mass is 9.52. The fraction of sp³-hybridized carbons (Fsp3) is 0.268. The number of hydrogen-bond acceptors (Lipinski definition) is 3. The molecule has 218 valence electrons. The third kappa shape index (κ3) is 3.36. The van der Waals surface area contributed by atoms with Gasteiger partial charge in [0.05, 0.1) is 16.7 Å². The second-order valence-electron chi connectivity index (χ2n) is 14.4. The van der Waals surface area contributed by atoms with Crippen LogP contribution in [0.3, 0.4) is 0 Å². The number of para-hydroxylation sites is 1. The number of nitrogens with zero attached hydrogens (tertiary/aromatic N) is 3. The molecule has 0 bridgehead atoms. The lowest BCUT2D eigenvalue weighted by molar-refractivity contribution is 0.0330. The Morgan fingerprint density at radius 1 is 0.778 bits per heavy atom. The molecule has 0 spiro atoms. The zero-order chi connectivity index (χ0) is 29.4. The van der Waals surface area contributed by atoms with Gasteiger partial charge >= 0.3 is 0 Å². The Labute approximate surface area is 266 Å². The molecule has 3 aromatic heterocycles. The van der Waals surface area contributed by atoms with Crippen molar-refractivity contribution < 1.29 is 0 Å². The molecule has 7 aromatic rings. The number of hydrogen-bond donors (Lipinski definition) is 0. The van der Waals surface area contributed by atoms with Crippen LogP contribution in [0.15, 0.2) is 84.9 Å². The zero-order valence-electron chi connectivity index (χ0n) is 25.4. The summed E-state index contributed by atoms with van der Waals surface area (Å²) >= 11 is 1.95. The quantitative estimate of drug-likeness (QED) is 0.198. The summed E-state index contributed by atoms with van der Waals surface area (Å²) in [7, 11) is 0. The number of rotatable bonds is 2. The second kappa shape index (κ2) is 8.70. The predicted molar refractivity (Wildman–Crippen MR) is 187 cm³/mol. The van der Waals surface area contributed by atoms with E-state index in [0.717, 1.165) is 39.9 Å². The van der Waals surface area contributed by atoms with Gasteiger partial charge in [0, 0.05) is 53.7 Å². The Kier molecular flexibility index (Phi) is 4.83. The van der Waals surface area contributed by atoms with E-state index in [0.29, 0.717) is 5.92 Å². The summed E-state index contributed by atoms with van der Waals surface area (Å²) in [6, 6.07) is 29.1. The molecule has 4 aliphatic rings. The molecule has 4 unspecified atom stereocenters. The molecule has 4 aliphatic carbocycles. The molecule has 4 aromatic carbocycles. The first-order valence-corrected chi connectivity index (χ1v) is 17.5. The zero-order valence-corrected chi connectivity index (χ0v) is 26.2. The van der Waals surface area contributed by atoms with Gasteiger partial charge in [-0.15, -0.1) is 11.3 Å². The highest BCUT2D eigenvalue weighted by Gasteiger charge is 2.50. The Hall–Kier alpha value is -4.28. The van der Waals surface area contributed by atoms with Crippen LogP contribution in [0.25, 0.3) is 65.3 Å². The Bertz CT molecular complexity index is 2430. The number of benzene rings is 4. The molecule has 3 nitrogen and oxygen atoms in total. The highest BCUT2D eigenvalue weighted by Crippen LogP contribution is 2.61. The fourth-order valence-electron chi connectivity index (χ4n) is 9.38. The molecule has 2 saturated carbocycles. The largest absolute Gasteiger partial charge is 0.281 e. The maximum absolute atomic E-state index is 5.47. The first-order valence-electron chi connectivity index (χ1n) is 16.7. The van der Waals surface area contributed by atoms with Gasteiger partial charge in [0.1, 0.15) is 0 Å². The minimum atomic E-state index is 0.159. The first kappa shape index (κ1) is 25.0. The normalized spacial score (nSPS) is 24.7. The fourth-order valence-corrected chi connectivity index (χ4v) is 10.6. The van der Waals surface area contributed by atoms with Gasteiger partial charge in [-0.25, -0.2) is 9.97 Å². The van der Waals surface area contributed by atoms with Crippen molar-refractivity contribution in [2.24, 2.45) is 17.3 Å². The summed E-state index contributed by atoms with van der Waals surface area (Å²) in [5.74, 6) is 2.98. The monoisotopic (exact) mass is 599 g/mol. The summed E-state index contributed by atoms with van der Waals surface area (Å²) in [6.07, 6.45) is 12.8. The summed E-state index contributed by atoms with van der Waals surface area (Å²) in [4.78, 5) is 10.8. The van der Waals surface area contributed by atoms with Crippen molar-refractivity contribution in [2.45, 2.75) is 51.4 Å². The molecule has 0 aliphatic heterocycles. The van der Waals surface area contributed by atoms with Crippen molar-refractivity contribution in [3.8, 4) is 17.2 Å². The summed E-state index contributed by atoms with van der Waals surface area (Å²) in [5.41, 5.74) is 10.4. The molecule has 11 rings (SSSR count). The van der Waals surface area contributed by atoms with Gasteiger partial charge in [0.2, 0.25) is 5.95 Å². The van der Waals surface area contributed by atoms with Gasteiger partial charge < -0.3 is 0 Å².